The number of hydrogen-bond donors (Lipinski definition) is 2. The first-order valence-corrected chi connectivity index (χ1v) is 10.1. The summed E-state index contributed by atoms with van der Waals surface area (Å²) in [5, 5.41) is 14.4. The number of esters is 1. The highest BCUT2D eigenvalue weighted by atomic mass is 16.5. The van der Waals surface area contributed by atoms with E-state index in [2.05, 4.69) is 0 Å². The van der Waals surface area contributed by atoms with E-state index in [0.717, 1.165) is 19.6 Å². The zero-order chi connectivity index (χ0) is 23.9. The van der Waals surface area contributed by atoms with Crippen molar-refractivity contribution in [2.45, 2.75) is 65.9 Å². The number of carbonyl (C=O) groups is 4. The molecule has 0 radical (unpaired) electrons. The second-order valence-electron chi connectivity index (χ2n) is 8.54. The van der Waals surface area contributed by atoms with Crippen LogP contribution in [-0.2, 0) is 19.7 Å². The number of allylic oxidation sites excluding steroid dienone is 1. The van der Waals surface area contributed by atoms with Crippen LogP contribution in [-0.4, -0.2) is 46.9 Å². The summed E-state index contributed by atoms with van der Waals surface area (Å²) in [7, 11) is 1.00. The number of carboxylic acid groups (broad SMARTS) is 1. The first-order chi connectivity index (χ1) is 14.4. The van der Waals surface area contributed by atoms with E-state index in [4.69, 9.17) is 24.2 Å². The van der Waals surface area contributed by atoms with Crippen LogP contribution in [0.1, 0.15) is 80.9 Å². The number of furan rings is 1. The van der Waals surface area contributed by atoms with Crippen molar-refractivity contribution < 1.29 is 38.5 Å². The van der Waals surface area contributed by atoms with E-state index in [9.17, 15) is 14.4 Å². The van der Waals surface area contributed by atoms with Gasteiger partial charge in [-0.15, -0.1) is 0 Å². The van der Waals surface area contributed by atoms with Crippen LogP contribution in [0.4, 0.5) is 0 Å². The van der Waals surface area contributed by atoms with Crippen LogP contribution in [0, 0.1) is 11.3 Å². The van der Waals surface area contributed by atoms with Gasteiger partial charge in [-0.05, 0) is 45.1 Å². The first-order valence-electron chi connectivity index (χ1n) is 10.1. The number of fused-ring (bicyclic) bond motifs is 1. The summed E-state index contributed by atoms with van der Waals surface area (Å²) in [4.78, 5) is 46.7. The fourth-order valence-corrected chi connectivity index (χ4v) is 4.92. The maximum atomic E-state index is 13.2. The van der Waals surface area contributed by atoms with Gasteiger partial charge in [0.1, 0.15) is 23.7 Å². The third-order valence-corrected chi connectivity index (χ3v) is 7.12. The summed E-state index contributed by atoms with van der Waals surface area (Å²) < 4.78 is 11.1. The monoisotopic (exact) mass is 434 g/mol. The fourth-order valence-electron chi connectivity index (χ4n) is 4.92. The molecule has 8 nitrogen and oxygen atoms in total. The normalized spacial score (nSPS) is 30.6. The van der Waals surface area contributed by atoms with Gasteiger partial charge in [-0.3, -0.25) is 14.4 Å². The van der Waals surface area contributed by atoms with E-state index in [1.165, 1.54) is 6.26 Å². The lowest BCUT2D eigenvalue weighted by Crippen LogP contribution is -2.51. The standard InChI is InChI=1S/C20H22O5.C2H4O2.CH4O/c1-9-14-13(6-7-19(9,4)10(2)21)20(5)11(3)25-18(23)12-8-24-17(15(12)20)16(14)22;1-2(3)4;1-2/h8-9,11H,6-7H2,1-5H3;1H3,(H,3,4);2H,1H3/t9?,11-,19+,20-;;/m1../s1. The van der Waals surface area contributed by atoms with E-state index in [1.54, 1.807) is 6.92 Å². The molecule has 1 aromatic rings. The van der Waals surface area contributed by atoms with Gasteiger partial charge in [0.05, 0.1) is 5.41 Å². The number of rotatable bonds is 1. The van der Waals surface area contributed by atoms with E-state index in [-0.39, 0.29) is 23.2 Å². The van der Waals surface area contributed by atoms with Crippen molar-refractivity contribution in [2.75, 3.05) is 7.11 Å². The van der Waals surface area contributed by atoms with Crippen LogP contribution in [0.3, 0.4) is 0 Å². The van der Waals surface area contributed by atoms with Crippen LogP contribution >= 0.6 is 0 Å². The highest BCUT2D eigenvalue weighted by Gasteiger charge is 2.57. The van der Waals surface area contributed by atoms with Crippen LogP contribution in [0.25, 0.3) is 0 Å². The predicted octanol–water partition coefficient (Wildman–Crippen LogP) is 3.31. The van der Waals surface area contributed by atoms with E-state index < -0.39 is 28.9 Å². The molecule has 4 rings (SSSR count). The Kier molecular flexibility index (Phi) is 6.66. The van der Waals surface area contributed by atoms with Crippen molar-refractivity contribution in [3.8, 4) is 0 Å². The number of hydrogen-bond acceptors (Lipinski definition) is 7. The number of ether oxygens (including phenoxy) is 1. The van der Waals surface area contributed by atoms with Crippen molar-refractivity contribution >= 4 is 23.5 Å². The van der Waals surface area contributed by atoms with Crippen molar-refractivity contribution in [1.82, 2.24) is 0 Å². The second-order valence-corrected chi connectivity index (χ2v) is 8.54. The molecule has 2 N–H and O–H groups in total. The average Bonchev–Trinajstić information content (AvgIpc) is 3.15. The number of aliphatic hydroxyl groups excluding tert-OH is 1. The maximum absolute atomic E-state index is 13.2. The van der Waals surface area contributed by atoms with E-state index in [0.29, 0.717) is 29.5 Å². The number of carbonyl (C=O) groups excluding carboxylic acids is 3. The maximum Gasteiger partial charge on any atom is 0.342 e. The molecule has 0 aromatic carbocycles. The zero-order valence-corrected chi connectivity index (χ0v) is 19.0. The van der Waals surface area contributed by atoms with Crippen molar-refractivity contribution in [3.63, 3.8) is 0 Å². The van der Waals surface area contributed by atoms with Gasteiger partial charge in [-0.1, -0.05) is 13.8 Å². The third kappa shape index (κ3) is 3.52. The van der Waals surface area contributed by atoms with Crippen LogP contribution in [0.5, 0.6) is 0 Å². The Morgan fingerprint density at radius 1 is 1.13 bits per heavy atom. The zero-order valence-electron chi connectivity index (χ0n) is 19.0. The molecule has 1 unspecified atom stereocenters. The SMILES string of the molecule is CC(=O)O.CC(=O)[C@@]1(C)CCC2=C(C(=O)c3occ4c3[C@]2(C)[C@@H](C)OC4=O)C1C.CO. The Labute approximate surface area is 181 Å². The molecule has 4 atom stereocenters. The van der Waals surface area contributed by atoms with Gasteiger partial charge in [-0.25, -0.2) is 4.79 Å². The quantitative estimate of drug-likeness (QED) is 0.644. The molecule has 8 heteroatoms. The summed E-state index contributed by atoms with van der Waals surface area (Å²) >= 11 is 0. The fraction of sp³-hybridized carbons (Fsp3) is 0.565. The largest absolute Gasteiger partial charge is 0.481 e. The number of carboxylic acids is 1. The summed E-state index contributed by atoms with van der Waals surface area (Å²) in [5.74, 6) is -1.33. The number of aliphatic carboxylic acids is 1. The molecule has 31 heavy (non-hydrogen) atoms. The Balaban J connectivity index is 0.000000513. The molecule has 0 fully saturated rings. The predicted molar refractivity (Wildman–Crippen MR) is 111 cm³/mol. The van der Waals surface area contributed by atoms with Gasteiger partial charge < -0.3 is 19.4 Å². The summed E-state index contributed by atoms with van der Waals surface area (Å²) in [5.41, 5.74) is 1.54. The Bertz CT molecular complexity index is 964. The second kappa shape index (κ2) is 8.42. The van der Waals surface area contributed by atoms with Gasteiger partial charge in [0.2, 0.25) is 5.78 Å². The van der Waals surface area contributed by atoms with E-state index >= 15 is 0 Å². The molecule has 3 aliphatic rings. The smallest absolute Gasteiger partial charge is 0.342 e. The topological polar surface area (TPSA) is 131 Å². The molecular formula is C23H30O8. The molecule has 2 heterocycles. The van der Waals surface area contributed by atoms with Crippen molar-refractivity contribution in [2.24, 2.45) is 11.3 Å². The highest BCUT2D eigenvalue weighted by molar-refractivity contribution is 6.13. The summed E-state index contributed by atoms with van der Waals surface area (Å²) in [6, 6.07) is 0. The first kappa shape index (κ1) is 24.5. The minimum absolute atomic E-state index is 0.0959. The number of cyclic esters (lactones) is 1. The highest BCUT2D eigenvalue weighted by Crippen LogP contribution is 2.57. The van der Waals surface area contributed by atoms with Gasteiger partial charge in [0.15, 0.2) is 5.76 Å². The molecule has 0 amide bonds. The number of aliphatic hydroxyl groups is 1. The van der Waals surface area contributed by atoms with Gasteiger partial charge in [0.25, 0.3) is 5.97 Å². The van der Waals surface area contributed by atoms with Gasteiger partial charge >= 0.3 is 5.97 Å². The number of ketones is 2. The molecule has 1 aliphatic heterocycles. The van der Waals surface area contributed by atoms with E-state index in [1.807, 2.05) is 27.7 Å². The van der Waals surface area contributed by atoms with Gasteiger partial charge in [-0.2, -0.15) is 0 Å². The summed E-state index contributed by atoms with van der Waals surface area (Å²) in [6.07, 6.45) is 2.27. The van der Waals surface area contributed by atoms with Crippen LogP contribution < -0.4 is 0 Å². The van der Waals surface area contributed by atoms with Crippen LogP contribution in [0.15, 0.2) is 21.8 Å². The van der Waals surface area contributed by atoms with Crippen molar-refractivity contribution in [1.29, 1.82) is 0 Å². The lowest BCUT2D eigenvalue weighted by atomic mass is 9.54. The van der Waals surface area contributed by atoms with Crippen molar-refractivity contribution in [3.05, 3.63) is 34.3 Å². The molecule has 1 aromatic heterocycles. The Morgan fingerprint density at radius 2 is 1.68 bits per heavy atom. The Morgan fingerprint density at radius 3 is 2.19 bits per heavy atom. The molecular weight excluding hydrogens is 404 g/mol. The molecule has 0 spiro atoms. The third-order valence-electron chi connectivity index (χ3n) is 7.12. The molecule has 0 saturated carbocycles. The minimum atomic E-state index is -0.833. The summed E-state index contributed by atoms with van der Waals surface area (Å²) in [6.45, 7) is 10.4. The molecule has 0 saturated heterocycles. The molecule has 2 aliphatic carbocycles. The molecule has 170 valence electrons. The Hall–Kier alpha value is -2.74. The lowest BCUT2D eigenvalue weighted by Gasteiger charge is -2.49. The number of Topliss-reactive ketones (excluding diaryl/α,β-unsaturated/α-hetero) is 2. The average molecular weight is 434 g/mol. The lowest BCUT2D eigenvalue weighted by molar-refractivity contribution is -0.134. The minimum Gasteiger partial charge on any atom is -0.481 e. The van der Waals surface area contributed by atoms with Gasteiger partial charge in [0, 0.05) is 30.6 Å². The molecule has 0 bridgehead atoms. The van der Waals surface area contributed by atoms with Crippen LogP contribution in [0.2, 0.25) is 0 Å².